The Labute approximate surface area is 96.9 Å². The summed E-state index contributed by atoms with van der Waals surface area (Å²) in [6, 6.07) is 4.68. The van der Waals surface area contributed by atoms with Gasteiger partial charge in [-0.1, -0.05) is 17.7 Å². The Kier molecular flexibility index (Phi) is 2.70. The van der Waals surface area contributed by atoms with Crippen LogP contribution in [-0.2, 0) is 10.0 Å². The van der Waals surface area contributed by atoms with E-state index in [0.717, 1.165) is 5.56 Å². The van der Waals surface area contributed by atoms with Crippen LogP contribution in [0.5, 0.6) is 0 Å². The molecular formula is C10H9F3NO2S-. The molecule has 17 heavy (non-hydrogen) atoms. The molecule has 0 bridgehead atoms. The van der Waals surface area contributed by atoms with Crippen molar-refractivity contribution in [3.05, 3.63) is 35.9 Å². The molecular weight excluding hydrogens is 255 g/mol. The van der Waals surface area contributed by atoms with Gasteiger partial charge in [0.25, 0.3) is 6.18 Å². The molecule has 0 saturated carbocycles. The van der Waals surface area contributed by atoms with Crippen LogP contribution in [0, 0.1) is 13.0 Å². The van der Waals surface area contributed by atoms with Crippen LogP contribution in [-0.4, -0.2) is 25.4 Å². The lowest BCUT2D eigenvalue weighted by Crippen LogP contribution is -2.19. The molecule has 1 aromatic carbocycles. The van der Waals surface area contributed by atoms with Crippen molar-refractivity contribution in [2.45, 2.75) is 18.0 Å². The van der Waals surface area contributed by atoms with Gasteiger partial charge >= 0.3 is 0 Å². The number of alkyl halides is 3. The van der Waals surface area contributed by atoms with Crippen molar-refractivity contribution >= 4 is 10.0 Å². The molecule has 0 aromatic heterocycles. The maximum Gasteiger partial charge on any atom is 0.286 e. The summed E-state index contributed by atoms with van der Waals surface area (Å²) in [7, 11) is -4.04. The fourth-order valence-electron chi connectivity index (χ4n) is 1.40. The third-order valence-corrected chi connectivity index (χ3v) is 4.22. The fraction of sp³-hybridized carbons (Fsp3) is 0.300. The topological polar surface area (TPSA) is 37.1 Å². The summed E-state index contributed by atoms with van der Waals surface area (Å²) >= 11 is 0. The number of benzene rings is 1. The molecule has 1 aromatic rings. The molecule has 1 aliphatic rings. The van der Waals surface area contributed by atoms with Gasteiger partial charge in [-0.15, -0.1) is 12.6 Å². The van der Waals surface area contributed by atoms with Crippen molar-refractivity contribution in [2.75, 3.05) is 6.54 Å². The number of aryl methyl sites for hydroxylation is 1. The summed E-state index contributed by atoms with van der Waals surface area (Å²) in [5, 5.41) is 0. The van der Waals surface area contributed by atoms with E-state index in [1.165, 1.54) is 12.1 Å². The summed E-state index contributed by atoms with van der Waals surface area (Å²) in [5.41, 5.74) is 0.842. The number of nitrogens with zero attached hydrogens (tertiary/aromatic N) is 1. The first-order chi connectivity index (χ1) is 7.73. The van der Waals surface area contributed by atoms with Gasteiger partial charge in [-0.05, 0) is 19.1 Å². The first kappa shape index (κ1) is 12.4. The van der Waals surface area contributed by atoms with Crippen LogP contribution in [0.2, 0.25) is 0 Å². The van der Waals surface area contributed by atoms with E-state index in [2.05, 4.69) is 0 Å². The second kappa shape index (κ2) is 3.71. The summed E-state index contributed by atoms with van der Waals surface area (Å²) in [6.07, 6.45) is -4.57. The number of sulfonamides is 1. The van der Waals surface area contributed by atoms with Crippen LogP contribution in [0.4, 0.5) is 13.2 Å². The van der Waals surface area contributed by atoms with Gasteiger partial charge in [-0.25, -0.2) is 21.6 Å². The molecule has 0 radical (unpaired) electrons. The molecule has 2 rings (SSSR count). The zero-order valence-electron chi connectivity index (χ0n) is 8.82. The van der Waals surface area contributed by atoms with Crippen molar-refractivity contribution in [1.29, 1.82) is 0 Å². The monoisotopic (exact) mass is 264 g/mol. The van der Waals surface area contributed by atoms with Gasteiger partial charge in [0, 0.05) is 0 Å². The Morgan fingerprint density at radius 2 is 1.76 bits per heavy atom. The minimum absolute atomic E-state index is 0.123. The van der Waals surface area contributed by atoms with E-state index in [4.69, 9.17) is 0 Å². The molecule has 3 nitrogen and oxygen atoms in total. The average molecular weight is 264 g/mol. The lowest BCUT2D eigenvalue weighted by Gasteiger charge is -2.18. The van der Waals surface area contributed by atoms with Crippen LogP contribution in [0.25, 0.3) is 0 Å². The highest BCUT2D eigenvalue weighted by atomic mass is 32.2. The van der Waals surface area contributed by atoms with E-state index in [-0.39, 0.29) is 4.90 Å². The molecule has 1 unspecified atom stereocenters. The summed E-state index contributed by atoms with van der Waals surface area (Å²) in [4.78, 5) is -0.123. The number of rotatable bonds is 2. The zero-order valence-corrected chi connectivity index (χ0v) is 9.64. The first-order valence-electron chi connectivity index (χ1n) is 4.75. The first-order valence-corrected chi connectivity index (χ1v) is 6.19. The molecule has 1 saturated heterocycles. The predicted molar refractivity (Wildman–Crippen MR) is 54.4 cm³/mol. The third kappa shape index (κ3) is 2.30. The van der Waals surface area contributed by atoms with Crippen LogP contribution >= 0.6 is 0 Å². The van der Waals surface area contributed by atoms with Gasteiger partial charge < -0.3 is 4.31 Å². The Morgan fingerprint density at radius 3 is 2.18 bits per heavy atom. The van der Waals surface area contributed by atoms with Crippen LogP contribution in [0.1, 0.15) is 5.56 Å². The van der Waals surface area contributed by atoms with E-state index in [9.17, 15) is 21.6 Å². The third-order valence-electron chi connectivity index (χ3n) is 2.43. The lowest BCUT2D eigenvalue weighted by atomic mass is 10.2. The summed E-state index contributed by atoms with van der Waals surface area (Å²) in [6.45, 7) is 1.20. The second-order valence-electron chi connectivity index (χ2n) is 3.77. The fourth-order valence-corrected chi connectivity index (χ4v) is 2.82. The predicted octanol–water partition coefficient (Wildman–Crippen LogP) is 2.09. The van der Waals surface area contributed by atoms with Gasteiger partial charge in [0.15, 0.2) is 0 Å². The minimum atomic E-state index is -4.57. The molecule has 0 spiro atoms. The van der Waals surface area contributed by atoms with E-state index in [1.54, 1.807) is 19.1 Å². The summed E-state index contributed by atoms with van der Waals surface area (Å²) < 4.78 is 60.7. The Morgan fingerprint density at radius 1 is 1.24 bits per heavy atom. The zero-order chi connectivity index (χ0) is 12.8. The number of hydrogen-bond donors (Lipinski definition) is 0. The molecule has 1 atom stereocenters. The van der Waals surface area contributed by atoms with E-state index < -0.39 is 28.8 Å². The molecule has 94 valence electrons. The molecule has 1 heterocycles. The molecule has 1 fully saturated rings. The Balaban J connectivity index is 2.25. The van der Waals surface area contributed by atoms with Crippen molar-refractivity contribution in [1.82, 2.24) is 4.31 Å². The molecule has 1 aliphatic heterocycles. The van der Waals surface area contributed by atoms with Gasteiger partial charge in [-0.2, -0.15) is 0 Å². The van der Waals surface area contributed by atoms with Crippen molar-refractivity contribution in [3.63, 3.8) is 0 Å². The van der Waals surface area contributed by atoms with E-state index in [0.29, 0.717) is 4.31 Å². The van der Waals surface area contributed by atoms with Gasteiger partial charge in [0.05, 0.1) is 4.90 Å². The van der Waals surface area contributed by atoms with Crippen LogP contribution in [0.3, 0.4) is 0 Å². The SMILES string of the molecule is Cc1ccc(S(=O)(=O)N2C[C-]2C(F)(F)F)cc1. The van der Waals surface area contributed by atoms with Gasteiger partial charge in [0.1, 0.15) is 0 Å². The lowest BCUT2D eigenvalue weighted by molar-refractivity contribution is -0.106. The highest BCUT2D eigenvalue weighted by molar-refractivity contribution is 7.89. The van der Waals surface area contributed by atoms with Crippen molar-refractivity contribution < 1.29 is 21.6 Å². The normalized spacial score (nSPS) is 21.5. The molecule has 7 heteroatoms. The number of hydrogen-bond acceptors (Lipinski definition) is 2. The molecule has 0 N–H and O–H groups in total. The average Bonchev–Trinajstić information content (AvgIpc) is 2.96. The highest BCUT2D eigenvalue weighted by Crippen LogP contribution is 2.45. The maximum absolute atomic E-state index is 12.3. The van der Waals surface area contributed by atoms with Crippen LogP contribution < -0.4 is 0 Å². The standard InChI is InChI=1S/C10H9F3NO2S/c1-7-2-4-8(5-3-7)17(15,16)14-6-9(14)10(11,12)13/h2-5H,6H2,1H3/q-1. The van der Waals surface area contributed by atoms with E-state index in [1.807, 2.05) is 0 Å². The second-order valence-corrected chi connectivity index (χ2v) is 5.63. The van der Waals surface area contributed by atoms with E-state index >= 15 is 0 Å². The Bertz CT molecular complexity index is 521. The summed E-state index contributed by atoms with van der Waals surface area (Å²) in [5.74, 6) is 0. The number of halogens is 3. The maximum atomic E-state index is 12.3. The molecule has 0 amide bonds. The minimum Gasteiger partial charge on any atom is -0.362 e. The Hall–Kier alpha value is -1.08. The van der Waals surface area contributed by atoms with Crippen molar-refractivity contribution in [2.24, 2.45) is 0 Å². The highest BCUT2D eigenvalue weighted by Gasteiger charge is 2.45. The molecule has 0 aliphatic carbocycles. The van der Waals surface area contributed by atoms with Crippen molar-refractivity contribution in [3.8, 4) is 0 Å². The quantitative estimate of drug-likeness (QED) is 0.606. The largest absolute Gasteiger partial charge is 0.362 e. The smallest absolute Gasteiger partial charge is 0.286 e. The van der Waals surface area contributed by atoms with Crippen LogP contribution in [0.15, 0.2) is 29.2 Å². The van der Waals surface area contributed by atoms with Gasteiger partial charge in [-0.3, -0.25) is 0 Å². The van der Waals surface area contributed by atoms with Gasteiger partial charge in [0.2, 0.25) is 10.0 Å².